The molecule has 0 atom stereocenters. The van der Waals surface area contributed by atoms with Crippen molar-refractivity contribution in [3.63, 3.8) is 0 Å². The topological polar surface area (TPSA) is 64.4 Å². The highest BCUT2D eigenvalue weighted by atomic mass is 16.5. The summed E-state index contributed by atoms with van der Waals surface area (Å²) in [4.78, 5) is 11.4. The fourth-order valence-corrected chi connectivity index (χ4v) is 4.08. The minimum absolute atomic E-state index is 0.776. The maximum Gasteiger partial charge on any atom is 0.208 e. The van der Waals surface area contributed by atoms with Crippen molar-refractivity contribution >= 4 is 22.7 Å². The van der Waals surface area contributed by atoms with Gasteiger partial charge in [-0.15, -0.1) is 0 Å². The summed E-state index contributed by atoms with van der Waals surface area (Å²) in [6.45, 7) is 3.40. The Hall–Kier alpha value is -3.58. The zero-order valence-corrected chi connectivity index (χ0v) is 17.7. The van der Waals surface area contributed by atoms with E-state index in [9.17, 15) is 0 Å². The van der Waals surface area contributed by atoms with E-state index in [2.05, 4.69) is 56.2 Å². The second-order valence-corrected chi connectivity index (χ2v) is 7.42. The molecule has 1 N–H and O–H groups in total. The fourth-order valence-electron chi connectivity index (χ4n) is 4.08. The summed E-state index contributed by atoms with van der Waals surface area (Å²) in [6, 6.07) is 16.7. The molecule has 0 saturated carbocycles. The average molecular weight is 415 g/mol. The van der Waals surface area contributed by atoms with Gasteiger partial charge in [-0.1, -0.05) is 6.07 Å². The van der Waals surface area contributed by atoms with Gasteiger partial charge in [-0.25, -0.2) is 4.98 Å². The van der Waals surface area contributed by atoms with Crippen molar-refractivity contribution in [3.05, 3.63) is 60.9 Å². The molecule has 4 aromatic rings. The van der Waals surface area contributed by atoms with Gasteiger partial charge < -0.3 is 19.7 Å². The van der Waals surface area contributed by atoms with Crippen LogP contribution in [-0.2, 0) is 4.74 Å². The minimum atomic E-state index is 0.776. The monoisotopic (exact) mass is 415 g/mol. The molecule has 1 aliphatic heterocycles. The molecular formula is C24H25N5O2. The Kier molecular flexibility index (Phi) is 5.18. The molecule has 2 aromatic heterocycles. The van der Waals surface area contributed by atoms with Crippen LogP contribution in [0.5, 0.6) is 5.75 Å². The van der Waals surface area contributed by atoms with E-state index in [4.69, 9.17) is 14.5 Å². The quantitative estimate of drug-likeness (QED) is 0.532. The third-order valence-corrected chi connectivity index (χ3v) is 5.67. The summed E-state index contributed by atoms with van der Waals surface area (Å²) in [5, 5.41) is 3.23. The van der Waals surface area contributed by atoms with Crippen molar-refractivity contribution in [2.24, 2.45) is 0 Å². The smallest absolute Gasteiger partial charge is 0.208 e. The molecule has 158 valence electrons. The van der Waals surface area contributed by atoms with Crippen LogP contribution < -0.4 is 15.0 Å². The lowest BCUT2D eigenvalue weighted by atomic mass is 10.1. The summed E-state index contributed by atoms with van der Waals surface area (Å²) in [5.41, 5.74) is 6.20. The molecule has 0 radical (unpaired) electrons. The summed E-state index contributed by atoms with van der Waals surface area (Å²) in [7, 11) is 3.57. The van der Waals surface area contributed by atoms with Crippen LogP contribution in [0.15, 0.2) is 60.9 Å². The molecule has 2 aromatic carbocycles. The summed E-state index contributed by atoms with van der Waals surface area (Å²) < 4.78 is 13.1. The second-order valence-electron chi connectivity index (χ2n) is 7.42. The first kappa shape index (κ1) is 19.4. The van der Waals surface area contributed by atoms with Crippen molar-refractivity contribution < 1.29 is 9.47 Å². The van der Waals surface area contributed by atoms with Crippen LogP contribution in [0.3, 0.4) is 0 Å². The number of fused-ring (bicyclic) bond motifs is 1. The number of nitrogens with zero attached hydrogens (tertiary/aromatic N) is 4. The van der Waals surface area contributed by atoms with E-state index in [-0.39, 0.29) is 0 Å². The van der Waals surface area contributed by atoms with Crippen molar-refractivity contribution in [2.45, 2.75) is 0 Å². The Bertz CT molecular complexity index is 1200. The number of aromatic nitrogens is 3. The number of anilines is 2. The summed E-state index contributed by atoms with van der Waals surface area (Å²) in [5.74, 6) is 1.59. The highest BCUT2D eigenvalue weighted by Crippen LogP contribution is 2.33. The van der Waals surface area contributed by atoms with Crippen LogP contribution in [0.25, 0.3) is 27.8 Å². The normalized spacial score (nSPS) is 14.1. The van der Waals surface area contributed by atoms with E-state index in [0.717, 1.165) is 65.8 Å². The van der Waals surface area contributed by atoms with Crippen molar-refractivity contribution in [3.8, 4) is 22.6 Å². The number of rotatable bonds is 5. The third kappa shape index (κ3) is 3.57. The Balaban J connectivity index is 1.59. The van der Waals surface area contributed by atoms with Crippen molar-refractivity contribution in [1.82, 2.24) is 14.5 Å². The Labute approximate surface area is 181 Å². The molecule has 1 saturated heterocycles. The number of hydrogen-bond acceptors (Lipinski definition) is 6. The van der Waals surface area contributed by atoms with E-state index in [0.29, 0.717) is 0 Å². The zero-order chi connectivity index (χ0) is 21.2. The molecule has 31 heavy (non-hydrogen) atoms. The fraction of sp³-hybridized carbons (Fsp3) is 0.250. The van der Waals surface area contributed by atoms with Crippen molar-refractivity contribution in [1.29, 1.82) is 0 Å². The summed E-state index contributed by atoms with van der Waals surface area (Å²) >= 11 is 0. The van der Waals surface area contributed by atoms with Gasteiger partial charge in [0.15, 0.2) is 0 Å². The number of hydrogen-bond donors (Lipinski definition) is 1. The number of imidazole rings is 1. The molecule has 5 rings (SSSR count). The van der Waals surface area contributed by atoms with Crippen LogP contribution in [-0.4, -0.2) is 55.0 Å². The van der Waals surface area contributed by atoms with Gasteiger partial charge in [0, 0.05) is 49.5 Å². The number of nitrogens with one attached hydrogen (secondary N) is 1. The van der Waals surface area contributed by atoms with Crippen LogP contribution in [0.2, 0.25) is 0 Å². The molecule has 0 aliphatic carbocycles. The average Bonchev–Trinajstić information content (AvgIpc) is 3.22. The predicted octanol–water partition coefficient (Wildman–Crippen LogP) is 3.97. The first-order valence-corrected chi connectivity index (χ1v) is 10.4. The highest BCUT2D eigenvalue weighted by Gasteiger charge is 2.16. The lowest BCUT2D eigenvalue weighted by Gasteiger charge is -2.29. The maximum atomic E-state index is 5.54. The van der Waals surface area contributed by atoms with Gasteiger partial charge in [0.2, 0.25) is 5.95 Å². The zero-order valence-electron chi connectivity index (χ0n) is 17.7. The van der Waals surface area contributed by atoms with Gasteiger partial charge in [0.1, 0.15) is 5.75 Å². The number of morpholine rings is 1. The van der Waals surface area contributed by atoms with Gasteiger partial charge in [-0.05, 0) is 48.0 Å². The van der Waals surface area contributed by atoms with E-state index < -0.39 is 0 Å². The van der Waals surface area contributed by atoms with E-state index >= 15 is 0 Å². The Morgan fingerprint density at radius 2 is 1.77 bits per heavy atom. The molecule has 7 nitrogen and oxygen atoms in total. The molecule has 7 heteroatoms. The van der Waals surface area contributed by atoms with Gasteiger partial charge in [-0.2, -0.15) is 0 Å². The minimum Gasteiger partial charge on any atom is -0.496 e. The number of benzene rings is 2. The van der Waals surface area contributed by atoms with Gasteiger partial charge in [0.05, 0.1) is 31.4 Å². The van der Waals surface area contributed by atoms with E-state index in [1.807, 2.05) is 25.4 Å². The molecule has 1 fully saturated rings. The number of methoxy groups -OCH3 is 1. The van der Waals surface area contributed by atoms with E-state index in [1.165, 1.54) is 5.69 Å². The number of pyridine rings is 1. The highest BCUT2D eigenvalue weighted by molar-refractivity contribution is 5.87. The van der Waals surface area contributed by atoms with Gasteiger partial charge >= 0.3 is 0 Å². The van der Waals surface area contributed by atoms with Gasteiger partial charge in [-0.3, -0.25) is 9.55 Å². The van der Waals surface area contributed by atoms with E-state index in [1.54, 1.807) is 13.3 Å². The molecular weight excluding hydrogens is 390 g/mol. The van der Waals surface area contributed by atoms with Crippen LogP contribution in [0, 0.1) is 0 Å². The first-order chi connectivity index (χ1) is 15.3. The van der Waals surface area contributed by atoms with Crippen molar-refractivity contribution in [2.75, 3.05) is 50.7 Å². The van der Waals surface area contributed by atoms with Gasteiger partial charge in [0.25, 0.3) is 0 Å². The molecule has 3 heterocycles. The van der Waals surface area contributed by atoms with Crippen LogP contribution in [0.1, 0.15) is 0 Å². The SMILES string of the molecule is CNc1nc2ccc(-c3cnccc3OC)cc2n1-c1ccc(N2CCOCC2)cc1. The maximum absolute atomic E-state index is 5.54. The summed E-state index contributed by atoms with van der Waals surface area (Å²) in [6.07, 6.45) is 3.57. The molecule has 1 aliphatic rings. The first-order valence-electron chi connectivity index (χ1n) is 10.4. The standard InChI is InChI=1S/C24H25N5O2/c1-25-24-27-21-8-3-17(20-16-26-10-9-23(20)30-2)15-22(21)29(24)19-6-4-18(5-7-19)28-11-13-31-14-12-28/h3-10,15-16H,11-14H2,1-2H3,(H,25,27). The predicted molar refractivity (Wildman–Crippen MR) is 123 cm³/mol. The second kappa shape index (κ2) is 8.28. The molecule has 0 spiro atoms. The van der Waals surface area contributed by atoms with Crippen LogP contribution in [0.4, 0.5) is 11.6 Å². The molecule has 0 unspecified atom stereocenters. The molecule has 0 amide bonds. The van der Waals surface area contributed by atoms with Crippen LogP contribution >= 0.6 is 0 Å². The molecule has 0 bridgehead atoms. The lowest BCUT2D eigenvalue weighted by molar-refractivity contribution is 0.122. The lowest BCUT2D eigenvalue weighted by Crippen LogP contribution is -2.36. The Morgan fingerprint density at radius 1 is 1.00 bits per heavy atom. The third-order valence-electron chi connectivity index (χ3n) is 5.67. The Morgan fingerprint density at radius 3 is 2.52 bits per heavy atom. The number of ether oxygens (including phenoxy) is 2. The largest absolute Gasteiger partial charge is 0.496 e.